The monoisotopic (exact) mass is 305 g/mol. The van der Waals surface area contributed by atoms with Crippen LogP contribution in [0.25, 0.3) is 22.0 Å². The Morgan fingerprint density at radius 2 is 1.70 bits per heavy atom. The van der Waals surface area contributed by atoms with E-state index in [1.807, 2.05) is 54.6 Å². The third-order valence-corrected chi connectivity index (χ3v) is 3.82. The number of unbranched alkanes of at least 4 members (excludes halogenated alkanes) is 1. The number of benzene rings is 2. The number of nitrogens with zero attached hydrogens (tertiary/aromatic N) is 1. The van der Waals surface area contributed by atoms with Gasteiger partial charge in [-0.2, -0.15) is 0 Å². The summed E-state index contributed by atoms with van der Waals surface area (Å²) in [6.45, 7) is 2.67. The molecule has 0 bridgehead atoms. The quantitative estimate of drug-likeness (QED) is 0.480. The Labute approximate surface area is 135 Å². The summed E-state index contributed by atoms with van der Waals surface area (Å²) in [4.78, 5) is 16.3. The van der Waals surface area contributed by atoms with Gasteiger partial charge in [-0.15, -0.1) is 0 Å². The maximum Gasteiger partial charge on any atom is 0.225 e. The first-order chi connectivity index (χ1) is 11.3. The number of fused-ring (bicyclic) bond motifs is 1. The summed E-state index contributed by atoms with van der Waals surface area (Å²) in [6.07, 6.45) is 2.81. The molecule has 0 aliphatic carbocycles. The minimum absolute atomic E-state index is 0.422. The molecule has 116 valence electrons. The second-order valence-electron chi connectivity index (χ2n) is 5.41. The Balaban J connectivity index is 2.21. The number of carbonyl (C=O) groups is 1. The average molecular weight is 305 g/mol. The van der Waals surface area contributed by atoms with Gasteiger partial charge < -0.3 is 4.74 Å². The smallest absolute Gasteiger partial charge is 0.225 e. The number of rotatable bonds is 6. The summed E-state index contributed by atoms with van der Waals surface area (Å²) in [5.74, 6) is 0.422. The van der Waals surface area contributed by atoms with E-state index >= 15 is 0 Å². The fraction of sp³-hybridized carbons (Fsp3) is 0.200. The van der Waals surface area contributed by atoms with Crippen molar-refractivity contribution in [2.75, 3.05) is 6.61 Å². The highest BCUT2D eigenvalue weighted by atomic mass is 16.5. The van der Waals surface area contributed by atoms with E-state index in [4.69, 9.17) is 4.74 Å². The number of pyridine rings is 1. The van der Waals surface area contributed by atoms with Gasteiger partial charge in [0.25, 0.3) is 0 Å². The molecule has 1 heterocycles. The van der Waals surface area contributed by atoms with E-state index in [0.717, 1.165) is 41.2 Å². The van der Waals surface area contributed by atoms with Crippen molar-refractivity contribution in [3.05, 3.63) is 60.2 Å². The van der Waals surface area contributed by atoms with Gasteiger partial charge in [0.1, 0.15) is 0 Å². The number of hydrogen-bond acceptors (Lipinski definition) is 3. The predicted octanol–water partition coefficient (Wildman–Crippen LogP) is 4.89. The molecule has 0 aliphatic rings. The Hall–Kier alpha value is -2.68. The molecule has 0 N–H and O–H groups in total. The molecular weight excluding hydrogens is 286 g/mol. The Kier molecular flexibility index (Phi) is 4.67. The first-order valence-electron chi connectivity index (χ1n) is 7.91. The summed E-state index contributed by atoms with van der Waals surface area (Å²) in [6, 6.07) is 17.8. The van der Waals surface area contributed by atoms with Crippen molar-refractivity contribution < 1.29 is 9.53 Å². The van der Waals surface area contributed by atoms with Crippen LogP contribution in [0.4, 0.5) is 0 Å². The maximum atomic E-state index is 11.6. The largest absolute Gasteiger partial charge is 0.477 e. The lowest BCUT2D eigenvalue weighted by molar-refractivity contribution is 0.112. The average Bonchev–Trinajstić information content (AvgIpc) is 2.62. The Morgan fingerprint density at radius 1 is 1.00 bits per heavy atom. The summed E-state index contributed by atoms with van der Waals surface area (Å²) in [5, 5.41) is 1.84. The zero-order valence-electron chi connectivity index (χ0n) is 13.2. The molecule has 0 saturated carbocycles. The zero-order valence-corrected chi connectivity index (χ0v) is 13.2. The van der Waals surface area contributed by atoms with Crippen LogP contribution in [0.1, 0.15) is 30.1 Å². The van der Waals surface area contributed by atoms with Crippen LogP contribution >= 0.6 is 0 Å². The van der Waals surface area contributed by atoms with Crippen molar-refractivity contribution >= 4 is 17.1 Å². The molecule has 3 nitrogen and oxygen atoms in total. The number of aldehydes is 1. The van der Waals surface area contributed by atoms with Crippen LogP contribution in [0.5, 0.6) is 5.88 Å². The summed E-state index contributed by atoms with van der Waals surface area (Å²) >= 11 is 0. The molecule has 3 heteroatoms. The highest BCUT2D eigenvalue weighted by Crippen LogP contribution is 2.33. The van der Waals surface area contributed by atoms with Crippen molar-refractivity contribution in [3.63, 3.8) is 0 Å². The lowest BCUT2D eigenvalue weighted by atomic mass is 10.0. The molecule has 3 rings (SSSR count). The highest BCUT2D eigenvalue weighted by molar-refractivity contribution is 6.05. The van der Waals surface area contributed by atoms with Crippen molar-refractivity contribution in [2.45, 2.75) is 19.8 Å². The normalized spacial score (nSPS) is 10.7. The molecule has 0 radical (unpaired) electrons. The topological polar surface area (TPSA) is 39.2 Å². The molecular formula is C20H19NO2. The van der Waals surface area contributed by atoms with Gasteiger partial charge in [0.2, 0.25) is 5.88 Å². The third-order valence-electron chi connectivity index (χ3n) is 3.82. The van der Waals surface area contributed by atoms with Crippen molar-refractivity contribution in [1.29, 1.82) is 0 Å². The SMILES string of the molecule is CCCCOc1nc(-c2ccccc2)c2ccccc2c1C=O. The Morgan fingerprint density at radius 3 is 2.39 bits per heavy atom. The molecule has 3 aromatic rings. The molecule has 0 saturated heterocycles. The summed E-state index contributed by atoms with van der Waals surface area (Å²) < 4.78 is 5.80. The van der Waals surface area contributed by atoms with Crippen LogP contribution in [0, 0.1) is 0 Å². The molecule has 0 fully saturated rings. The first-order valence-corrected chi connectivity index (χ1v) is 7.91. The van der Waals surface area contributed by atoms with E-state index in [-0.39, 0.29) is 0 Å². The molecule has 0 aliphatic heterocycles. The van der Waals surface area contributed by atoms with Crippen LogP contribution in [0.2, 0.25) is 0 Å². The van der Waals surface area contributed by atoms with Gasteiger partial charge in [0.05, 0.1) is 17.9 Å². The van der Waals surface area contributed by atoms with Gasteiger partial charge >= 0.3 is 0 Å². The lowest BCUT2D eigenvalue weighted by Crippen LogP contribution is -2.04. The zero-order chi connectivity index (χ0) is 16.1. The second-order valence-corrected chi connectivity index (χ2v) is 5.41. The van der Waals surface area contributed by atoms with Gasteiger partial charge in [-0.3, -0.25) is 4.79 Å². The van der Waals surface area contributed by atoms with Gasteiger partial charge in [-0.25, -0.2) is 4.98 Å². The van der Waals surface area contributed by atoms with Crippen LogP contribution in [0.3, 0.4) is 0 Å². The van der Waals surface area contributed by atoms with Gasteiger partial charge in [-0.05, 0) is 11.8 Å². The molecule has 1 aromatic heterocycles. The van der Waals surface area contributed by atoms with E-state index in [0.29, 0.717) is 18.1 Å². The van der Waals surface area contributed by atoms with Gasteiger partial charge in [0, 0.05) is 10.9 Å². The number of hydrogen-bond donors (Lipinski definition) is 0. The molecule has 0 unspecified atom stereocenters. The highest BCUT2D eigenvalue weighted by Gasteiger charge is 2.15. The van der Waals surface area contributed by atoms with Crippen LogP contribution in [0.15, 0.2) is 54.6 Å². The van der Waals surface area contributed by atoms with Crippen LogP contribution in [-0.4, -0.2) is 17.9 Å². The van der Waals surface area contributed by atoms with Crippen molar-refractivity contribution in [2.24, 2.45) is 0 Å². The molecule has 0 atom stereocenters. The minimum atomic E-state index is 0.422. The lowest BCUT2D eigenvalue weighted by Gasteiger charge is -2.13. The molecule has 23 heavy (non-hydrogen) atoms. The maximum absolute atomic E-state index is 11.6. The van der Waals surface area contributed by atoms with E-state index in [1.165, 1.54) is 0 Å². The summed E-state index contributed by atoms with van der Waals surface area (Å²) in [5.41, 5.74) is 2.39. The first kappa shape index (κ1) is 15.2. The van der Waals surface area contributed by atoms with Crippen LogP contribution < -0.4 is 4.74 Å². The number of carbonyl (C=O) groups excluding carboxylic acids is 1. The van der Waals surface area contributed by atoms with Crippen LogP contribution in [-0.2, 0) is 0 Å². The fourth-order valence-corrected chi connectivity index (χ4v) is 2.61. The standard InChI is InChI=1S/C20H19NO2/c1-2-3-13-23-20-18(14-22)16-11-7-8-12-17(16)19(21-20)15-9-5-4-6-10-15/h4-12,14H,2-3,13H2,1H3. The fourth-order valence-electron chi connectivity index (χ4n) is 2.61. The second kappa shape index (κ2) is 7.05. The van der Waals surface area contributed by atoms with Gasteiger partial charge in [-0.1, -0.05) is 67.9 Å². The third kappa shape index (κ3) is 3.09. The van der Waals surface area contributed by atoms with Crippen molar-refractivity contribution in [3.8, 4) is 17.1 Å². The Bertz CT molecular complexity index is 812. The predicted molar refractivity (Wildman–Crippen MR) is 93.0 cm³/mol. The van der Waals surface area contributed by atoms with E-state index in [9.17, 15) is 4.79 Å². The number of aromatic nitrogens is 1. The van der Waals surface area contributed by atoms with E-state index < -0.39 is 0 Å². The van der Waals surface area contributed by atoms with E-state index in [1.54, 1.807) is 0 Å². The summed E-state index contributed by atoms with van der Waals surface area (Å²) in [7, 11) is 0. The molecule has 2 aromatic carbocycles. The number of ether oxygens (including phenoxy) is 1. The van der Waals surface area contributed by atoms with Gasteiger partial charge in [0.15, 0.2) is 6.29 Å². The van der Waals surface area contributed by atoms with Crippen molar-refractivity contribution in [1.82, 2.24) is 4.98 Å². The molecule has 0 amide bonds. The molecule has 0 spiro atoms. The minimum Gasteiger partial charge on any atom is -0.477 e. The van der Waals surface area contributed by atoms with E-state index in [2.05, 4.69) is 11.9 Å².